The van der Waals surface area contributed by atoms with Crippen molar-refractivity contribution in [3.63, 3.8) is 0 Å². The zero-order chi connectivity index (χ0) is 11.5. The maximum Gasteiger partial charge on any atom is 0.137 e. The first-order valence-electron chi connectivity index (χ1n) is 7.05. The average molecular weight is 234 g/mol. The van der Waals surface area contributed by atoms with E-state index in [-0.39, 0.29) is 0 Å². The van der Waals surface area contributed by atoms with E-state index in [2.05, 4.69) is 20.1 Å². The highest BCUT2D eigenvalue weighted by atomic mass is 15.3. The first kappa shape index (κ1) is 11.2. The van der Waals surface area contributed by atoms with E-state index in [9.17, 15) is 0 Å². The molecule has 17 heavy (non-hydrogen) atoms. The smallest absolute Gasteiger partial charge is 0.137 e. The number of piperidine rings is 1. The Labute approximate surface area is 103 Å². The maximum absolute atomic E-state index is 4.39. The molecule has 0 bridgehead atoms. The van der Waals surface area contributed by atoms with E-state index in [0.29, 0.717) is 12.0 Å². The molecule has 4 heteroatoms. The van der Waals surface area contributed by atoms with E-state index in [1.807, 2.05) is 6.33 Å². The molecule has 1 N–H and O–H groups in total. The largest absolute Gasteiger partial charge is 0.316 e. The molecule has 3 rings (SSSR count). The van der Waals surface area contributed by atoms with Gasteiger partial charge in [-0.15, -0.1) is 10.2 Å². The predicted octanol–water partition coefficient (Wildman–Crippen LogP) is 2.25. The van der Waals surface area contributed by atoms with Crippen molar-refractivity contribution in [2.75, 3.05) is 13.1 Å². The van der Waals surface area contributed by atoms with Gasteiger partial charge in [-0.1, -0.05) is 19.3 Å². The summed E-state index contributed by atoms with van der Waals surface area (Å²) in [5.41, 5.74) is 0. The van der Waals surface area contributed by atoms with E-state index >= 15 is 0 Å². The number of hydrogen-bond donors (Lipinski definition) is 1. The van der Waals surface area contributed by atoms with Gasteiger partial charge in [-0.25, -0.2) is 0 Å². The fraction of sp³-hybridized carbons (Fsp3) is 0.846. The monoisotopic (exact) mass is 234 g/mol. The zero-order valence-electron chi connectivity index (χ0n) is 10.4. The molecule has 2 fully saturated rings. The fourth-order valence-electron chi connectivity index (χ4n) is 3.26. The highest BCUT2D eigenvalue weighted by molar-refractivity contribution is 5.01. The second-order valence-electron chi connectivity index (χ2n) is 5.43. The summed E-state index contributed by atoms with van der Waals surface area (Å²) in [5, 5.41) is 12.0. The molecule has 1 aliphatic heterocycles. The van der Waals surface area contributed by atoms with Crippen LogP contribution in [-0.2, 0) is 0 Å². The minimum Gasteiger partial charge on any atom is -0.316 e. The molecule has 0 radical (unpaired) electrons. The van der Waals surface area contributed by atoms with Gasteiger partial charge in [-0.2, -0.15) is 0 Å². The van der Waals surface area contributed by atoms with Crippen LogP contribution in [0.4, 0.5) is 0 Å². The van der Waals surface area contributed by atoms with Crippen LogP contribution in [0.15, 0.2) is 6.33 Å². The number of hydrogen-bond acceptors (Lipinski definition) is 3. The van der Waals surface area contributed by atoms with Crippen molar-refractivity contribution >= 4 is 0 Å². The summed E-state index contributed by atoms with van der Waals surface area (Å²) in [7, 11) is 0. The second-order valence-corrected chi connectivity index (χ2v) is 5.43. The number of nitrogens with one attached hydrogen (secondary N) is 1. The van der Waals surface area contributed by atoms with Crippen molar-refractivity contribution < 1.29 is 0 Å². The van der Waals surface area contributed by atoms with Gasteiger partial charge in [-0.3, -0.25) is 0 Å². The third-order valence-electron chi connectivity index (χ3n) is 4.23. The summed E-state index contributed by atoms with van der Waals surface area (Å²) in [4.78, 5) is 0. The van der Waals surface area contributed by atoms with Gasteiger partial charge in [0.15, 0.2) is 0 Å². The normalized spacial score (nSPS) is 27.2. The summed E-state index contributed by atoms with van der Waals surface area (Å²) >= 11 is 0. The molecule has 1 aromatic rings. The second kappa shape index (κ2) is 5.17. The van der Waals surface area contributed by atoms with Crippen LogP contribution in [-0.4, -0.2) is 27.9 Å². The van der Waals surface area contributed by atoms with Gasteiger partial charge in [0.05, 0.1) is 0 Å². The summed E-state index contributed by atoms with van der Waals surface area (Å²) in [5.74, 6) is 1.80. The Hall–Kier alpha value is -0.900. The molecule has 4 nitrogen and oxygen atoms in total. The van der Waals surface area contributed by atoms with E-state index in [1.165, 1.54) is 50.8 Å². The SMILES string of the molecule is c1nnc([C@H]2CCCNC2)n1C1CCCCC1. The molecule has 0 aromatic carbocycles. The fourth-order valence-corrected chi connectivity index (χ4v) is 3.26. The van der Waals surface area contributed by atoms with E-state index in [4.69, 9.17) is 0 Å². The minimum atomic E-state index is 0.577. The van der Waals surface area contributed by atoms with E-state index in [0.717, 1.165) is 13.1 Å². The van der Waals surface area contributed by atoms with Crippen LogP contribution in [0.2, 0.25) is 0 Å². The molecule has 1 atom stereocenters. The van der Waals surface area contributed by atoms with Gasteiger partial charge >= 0.3 is 0 Å². The number of aromatic nitrogens is 3. The molecule has 0 unspecified atom stereocenters. The van der Waals surface area contributed by atoms with Crippen LogP contribution in [0.1, 0.15) is 62.7 Å². The molecule has 2 heterocycles. The van der Waals surface area contributed by atoms with Gasteiger partial charge in [0.1, 0.15) is 12.2 Å². The summed E-state index contributed by atoms with van der Waals surface area (Å²) in [6.07, 6.45) is 11.2. The Bertz CT molecular complexity index is 316. The van der Waals surface area contributed by atoms with Crippen molar-refractivity contribution in [2.24, 2.45) is 0 Å². The molecule has 94 valence electrons. The van der Waals surface area contributed by atoms with Gasteiger partial charge in [0.25, 0.3) is 0 Å². The third kappa shape index (κ3) is 2.37. The highest BCUT2D eigenvalue weighted by Gasteiger charge is 2.24. The molecule has 1 saturated carbocycles. The van der Waals surface area contributed by atoms with Gasteiger partial charge in [-0.05, 0) is 32.2 Å². The lowest BCUT2D eigenvalue weighted by Gasteiger charge is -2.28. The Morgan fingerprint density at radius 2 is 2.00 bits per heavy atom. The van der Waals surface area contributed by atoms with Crippen LogP contribution >= 0.6 is 0 Å². The van der Waals surface area contributed by atoms with Gasteiger partial charge in [0.2, 0.25) is 0 Å². The molecular weight excluding hydrogens is 212 g/mol. The Morgan fingerprint density at radius 1 is 1.12 bits per heavy atom. The standard InChI is InChI=1S/C13H22N4/c1-2-6-12(7-3-1)17-10-15-16-13(17)11-5-4-8-14-9-11/h10-12,14H,1-9H2/t11-/m0/s1. The van der Waals surface area contributed by atoms with Crippen molar-refractivity contribution in [3.8, 4) is 0 Å². The molecule has 0 amide bonds. The molecule has 1 aliphatic carbocycles. The zero-order valence-corrected chi connectivity index (χ0v) is 10.4. The lowest BCUT2D eigenvalue weighted by molar-refractivity contribution is 0.331. The van der Waals surface area contributed by atoms with Crippen molar-refractivity contribution in [1.29, 1.82) is 0 Å². The first-order valence-corrected chi connectivity index (χ1v) is 7.05. The number of nitrogens with zero attached hydrogens (tertiary/aromatic N) is 3. The molecular formula is C13H22N4. The van der Waals surface area contributed by atoms with Gasteiger partial charge in [0, 0.05) is 18.5 Å². The van der Waals surface area contributed by atoms with Crippen LogP contribution in [0.3, 0.4) is 0 Å². The Morgan fingerprint density at radius 3 is 2.76 bits per heavy atom. The van der Waals surface area contributed by atoms with Crippen LogP contribution in [0, 0.1) is 0 Å². The van der Waals surface area contributed by atoms with E-state index < -0.39 is 0 Å². The van der Waals surface area contributed by atoms with Crippen molar-refractivity contribution in [2.45, 2.75) is 56.9 Å². The van der Waals surface area contributed by atoms with Crippen LogP contribution < -0.4 is 5.32 Å². The predicted molar refractivity (Wildman–Crippen MR) is 67.0 cm³/mol. The Kier molecular flexibility index (Phi) is 3.41. The lowest BCUT2D eigenvalue weighted by atomic mass is 9.93. The third-order valence-corrected chi connectivity index (χ3v) is 4.23. The van der Waals surface area contributed by atoms with Crippen molar-refractivity contribution in [1.82, 2.24) is 20.1 Å². The van der Waals surface area contributed by atoms with Gasteiger partial charge < -0.3 is 9.88 Å². The van der Waals surface area contributed by atoms with Crippen molar-refractivity contribution in [3.05, 3.63) is 12.2 Å². The highest BCUT2D eigenvalue weighted by Crippen LogP contribution is 2.31. The van der Waals surface area contributed by atoms with Crippen LogP contribution in [0.25, 0.3) is 0 Å². The molecule has 2 aliphatic rings. The first-order chi connectivity index (χ1) is 8.45. The lowest BCUT2D eigenvalue weighted by Crippen LogP contribution is -2.30. The topological polar surface area (TPSA) is 42.7 Å². The molecule has 0 spiro atoms. The Balaban J connectivity index is 1.77. The summed E-state index contributed by atoms with van der Waals surface area (Å²) < 4.78 is 2.37. The quantitative estimate of drug-likeness (QED) is 0.853. The number of rotatable bonds is 2. The maximum atomic E-state index is 4.39. The molecule has 1 saturated heterocycles. The summed E-state index contributed by atoms with van der Waals surface area (Å²) in [6.45, 7) is 2.24. The summed E-state index contributed by atoms with van der Waals surface area (Å²) in [6, 6.07) is 0.663. The van der Waals surface area contributed by atoms with E-state index in [1.54, 1.807) is 0 Å². The molecule has 1 aromatic heterocycles. The minimum absolute atomic E-state index is 0.577. The average Bonchev–Trinajstić information content (AvgIpc) is 2.90. The van der Waals surface area contributed by atoms with Crippen LogP contribution in [0.5, 0.6) is 0 Å².